The van der Waals surface area contributed by atoms with Crippen LogP contribution in [0.25, 0.3) is 11.2 Å². The highest BCUT2D eigenvalue weighted by atomic mass is 32.2. The summed E-state index contributed by atoms with van der Waals surface area (Å²) in [5.41, 5.74) is 1.61. The van der Waals surface area contributed by atoms with Crippen LogP contribution < -0.4 is 0 Å². The molecule has 4 rings (SSSR count). The van der Waals surface area contributed by atoms with Crippen LogP contribution in [0.5, 0.6) is 0 Å². The maximum absolute atomic E-state index is 11.8. The van der Waals surface area contributed by atoms with Crippen LogP contribution in [0.4, 0.5) is 0 Å². The summed E-state index contributed by atoms with van der Waals surface area (Å²) < 4.78 is 31.4. The molecule has 2 atom stereocenters. The molecule has 2 aliphatic heterocycles. The lowest BCUT2D eigenvalue weighted by Crippen LogP contribution is -2.15. The number of hydrogen-bond donors (Lipinski definition) is 0. The maximum atomic E-state index is 11.8. The number of ether oxygens (including phenoxy) is 1. The van der Waals surface area contributed by atoms with E-state index >= 15 is 0 Å². The fourth-order valence-corrected chi connectivity index (χ4v) is 5.02. The molecule has 112 valence electrons. The second-order valence-electron chi connectivity index (χ2n) is 5.75. The lowest BCUT2D eigenvalue weighted by atomic mass is 10.1. The highest BCUT2D eigenvalue weighted by Crippen LogP contribution is 2.35. The molecule has 0 radical (unpaired) electrons. The van der Waals surface area contributed by atoms with E-state index < -0.39 is 9.84 Å². The van der Waals surface area contributed by atoms with Crippen LogP contribution in [-0.2, 0) is 14.6 Å². The molecule has 0 saturated carbocycles. The average molecular weight is 307 g/mol. The third-order valence-corrected chi connectivity index (χ3v) is 6.04. The monoisotopic (exact) mass is 307 g/mol. The number of hydrogen-bond acceptors (Lipinski definition) is 5. The predicted octanol–water partition coefficient (Wildman–Crippen LogP) is 1.64. The molecular weight excluding hydrogens is 290 g/mol. The Balaban J connectivity index is 1.85. The van der Waals surface area contributed by atoms with Gasteiger partial charge >= 0.3 is 0 Å². The summed E-state index contributed by atoms with van der Waals surface area (Å²) in [5.74, 6) is 1.20. The maximum Gasteiger partial charge on any atom is 0.162 e. The van der Waals surface area contributed by atoms with Gasteiger partial charge < -0.3 is 4.74 Å². The first-order valence-corrected chi connectivity index (χ1v) is 9.11. The van der Waals surface area contributed by atoms with Crippen molar-refractivity contribution < 1.29 is 13.2 Å². The molecule has 0 spiro atoms. The molecule has 2 aromatic heterocycles. The smallest absolute Gasteiger partial charge is 0.162 e. The molecule has 2 aromatic rings. The molecule has 21 heavy (non-hydrogen) atoms. The number of nitrogens with zero attached hydrogens (tertiary/aromatic N) is 3. The van der Waals surface area contributed by atoms with E-state index in [2.05, 4.69) is 9.97 Å². The second kappa shape index (κ2) is 4.78. The number of fused-ring (bicyclic) bond motifs is 1. The van der Waals surface area contributed by atoms with Crippen molar-refractivity contribution in [2.45, 2.75) is 31.4 Å². The Kier molecular flexibility index (Phi) is 3.00. The van der Waals surface area contributed by atoms with Crippen molar-refractivity contribution in [1.29, 1.82) is 0 Å². The molecule has 0 aliphatic carbocycles. The lowest BCUT2D eigenvalue weighted by molar-refractivity contribution is 0.0564. The van der Waals surface area contributed by atoms with Crippen LogP contribution in [0.2, 0.25) is 0 Å². The Morgan fingerprint density at radius 2 is 2.24 bits per heavy atom. The van der Waals surface area contributed by atoms with E-state index in [0.717, 1.165) is 36.4 Å². The Hall–Kier alpha value is -1.47. The van der Waals surface area contributed by atoms with Gasteiger partial charge in [0.05, 0.1) is 11.5 Å². The molecule has 2 unspecified atom stereocenters. The van der Waals surface area contributed by atoms with Gasteiger partial charge in [-0.05, 0) is 31.4 Å². The zero-order valence-electron chi connectivity index (χ0n) is 11.6. The molecule has 2 fully saturated rings. The molecular formula is C14H17N3O3S. The number of pyridine rings is 1. The van der Waals surface area contributed by atoms with Crippen LogP contribution in [-0.4, -0.2) is 41.1 Å². The van der Waals surface area contributed by atoms with E-state index in [1.807, 2.05) is 16.7 Å². The van der Waals surface area contributed by atoms with E-state index in [9.17, 15) is 8.42 Å². The molecule has 4 heterocycles. The van der Waals surface area contributed by atoms with Crippen molar-refractivity contribution in [3.05, 3.63) is 24.2 Å². The molecule has 0 aromatic carbocycles. The van der Waals surface area contributed by atoms with Crippen LogP contribution in [0, 0.1) is 0 Å². The second-order valence-corrected chi connectivity index (χ2v) is 7.98. The Morgan fingerprint density at radius 3 is 2.95 bits per heavy atom. The van der Waals surface area contributed by atoms with Crippen LogP contribution >= 0.6 is 0 Å². The first-order valence-electron chi connectivity index (χ1n) is 7.29. The molecule has 2 saturated heterocycles. The average Bonchev–Trinajstić information content (AvgIpc) is 3.15. The summed E-state index contributed by atoms with van der Waals surface area (Å²) in [4.78, 5) is 9.09. The Bertz CT molecular complexity index is 778. The molecule has 0 N–H and O–H groups in total. The third-order valence-electron chi connectivity index (χ3n) is 4.27. The molecule has 2 aliphatic rings. The van der Waals surface area contributed by atoms with Crippen molar-refractivity contribution in [2.24, 2.45) is 0 Å². The number of sulfone groups is 1. The first kappa shape index (κ1) is 13.2. The minimum atomic E-state index is -2.94. The fourth-order valence-electron chi connectivity index (χ4n) is 3.28. The van der Waals surface area contributed by atoms with Gasteiger partial charge in [0, 0.05) is 18.7 Å². The van der Waals surface area contributed by atoms with Crippen molar-refractivity contribution >= 4 is 21.0 Å². The van der Waals surface area contributed by atoms with Gasteiger partial charge in [0.15, 0.2) is 15.5 Å². The minimum Gasteiger partial charge on any atom is -0.358 e. The normalized spacial score (nSPS) is 28.4. The van der Waals surface area contributed by atoms with E-state index in [1.165, 1.54) is 0 Å². The van der Waals surface area contributed by atoms with E-state index in [0.29, 0.717) is 6.42 Å². The molecule has 0 bridgehead atoms. The van der Waals surface area contributed by atoms with Crippen molar-refractivity contribution in [3.63, 3.8) is 0 Å². The summed E-state index contributed by atoms with van der Waals surface area (Å²) in [6, 6.07) is 3.77. The van der Waals surface area contributed by atoms with Crippen molar-refractivity contribution in [3.8, 4) is 0 Å². The largest absolute Gasteiger partial charge is 0.358 e. The zero-order chi connectivity index (χ0) is 14.4. The van der Waals surface area contributed by atoms with Gasteiger partial charge in [-0.3, -0.25) is 4.57 Å². The standard InChI is InChI=1S/C14H17N3O3S/c18-21(19)8-5-10(9-21)13-16-11-3-1-6-15-14(11)17(13)12-4-2-7-20-12/h1,3,6,10,12H,2,4-5,7-9H2. The van der Waals surface area contributed by atoms with Crippen LogP contribution in [0.15, 0.2) is 18.3 Å². The first-order chi connectivity index (χ1) is 10.1. The number of rotatable bonds is 2. The summed E-state index contributed by atoms with van der Waals surface area (Å²) in [6.45, 7) is 0.736. The SMILES string of the molecule is O=S1(=O)CCC(c2nc3cccnc3n2C2CCCO2)C1. The number of aromatic nitrogens is 3. The van der Waals surface area contributed by atoms with E-state index in [-0.39, 0.29) is 23.7 Å². The van der Waals surface area contributed by atoms with Crippen molar-refractivity contribution in [1.82, 2.24) is 14.5 Å². The summed E-state index contributed by atoms with van der Waals surface area (Å²) in [7, 11) is -2.94. The molecule has 6 nitrogen and oxygen atoms in total. The predicted molar refractivity (Wildman–Crippen MR) is 77.8 cm³/mol. The van der Waals surface area contributed by atoms with Gasteiger partial charge in [-0.2, -0.15) is 0 Å². The quantitative estimate of drug-likeness (QED) is 0.843. The molecule has 7 heteroatoms. The third kappa shape index (κ3) is 2.24. The fraction of sp³-hybridized carbons (Fsp3) is 0.571. The number of imidazole rings is 1. The van der Waals surface area contributed by atoms with Gasteiger partial charge in [-0.1, -0.05) is 0 Å². The van der Waals surface area contributed by atoms with Gasteiger partial charge in [0.25, 0.3) is 0 Å². The van der Waals surface area contributed by atoms with Crippen LogP contribution in [0.1, 0.15) is 37.2 Å². The van der Waals surface area contributed by atoms with Gasteiger partial charge in [-0.15, -0.1) is 0 Å². The Labute approximate surface area is 123 Å². The van der Waals surface area contributed by atoms with E-state index in [4.69, 9.17) is 4.74 Å². The Morgan fingerprint density at radius 1 is 1.33 bits per heavy atom. The van der Waals surface area contributed by atoms with Gasteiger partial charge in [-0.25, -0.2) is 18.4 Å². The summed E-state index contributed by atoms with van der Waals surface area (Å²) in [6.07, 6.45) is 4.25. The van der Waals surface area contributed by atoms with Crippen molar-refractivity contribution in [2.75, 3.05) is 18.1 Å². The molecule has 0 amide bonds. The highest BCUT2D eigenvalue weighted by Gasteiger charge is 2.35. The topological polar surface area (TPSA) is 74.1 Å². The van der Waals surface area contributed by atoms with Gasteiger partial charge in [0.2, 0.25) is 0 Å². The van der Waals surface area contributed by atoms with E-state index in [1.54, 1.807) is 6.20 Å². The van der Waals surface area contributed by atoms with Gasteiger partial charge in [0.1, 0.15) is 17.6 Å². The van der Waals surface area contributed by atoms with Crippen LogP contribution in [0.3, 0.4) is 0 Å². The summed E-state index contributed by atoms with van der Waals surface area (Å²) in [5, 5.41) is 0. The minimum absolute atomic E-state index is 0.0478. The highest BCUT2D eigenvalue weighted by molar-refractivity contribution is 7.91. The summed E-state index contributed by atoms with van der Waals surface area (Å²) >= 11 is 0. The zero-order valence-corrected chi connectivity index (χ0v) is 12.4. The lowest BCUT2D eigenvalue weighted by Gasteiger charge is -2.17.